The number of carboxylic acids is 1. The van der Waals surface area contributed by atoms with Crippen molar-refractivity contribution in [3.8, 4) is 0 Å². The van der Waals surface area contributed by atoms with Crippen molar-refractivity contribution >= 4 is 5.97 Å². The van der Waals surface area contributed by atoms with Gasteiger partial charge in [0.1, 0.15) is 0 Å². The van der Waals surface area contributed by atoms with Crippen LogP contribution in [0.3, 0.4) is 0 Å². The maximum Gasteiger partial charge on any atom is 0.306 e. The molecule has 1 fully saturated rings. The van der Waals surface area contributed by atoms with Gasteiger partial charge in [0.2, 0.25) is 0 Å². The van der Waals surface area contributed by atoms with Crippen molar-refractivity contribution in [2.75, 3.05) is 0 Å². The van der Waals surface area contributed by atoms with Gasteiger partial charge in [-0.05, 0) is 24.2 Å². The molecule has 0 spiro atoms. The Kier molecular flexibility index (Phi) is 1.95. The van der Waals surface area contributed by atoms with Gasteiger partial charge in [0.25, 0.3) is 0 Å². The molecule has 1 N–H and O–H groups in total. The summed E-state index contributed by atoms with van der Waals surface area (Å²) in [5.74, 6) is -0.379. The topological polar surface area (TPSA) is 37.3 Å². The number of hydrogen-bond donors (Lipinski definition) is 1. The molecule has 1 aliphatic carbocycles. The second-order valence-electron chi connectivity index (χ2n) is 4.46. The molecule has 0 aromatic heterocycles. The number of aliphatic carboxylic acids is 1. The second-order valence-corrected chi connectivity index (χ2v) is 4.46. The van der Waals surface area contributed by atoms with Gasteiger partial charge in [-0.2, -0.15) is 0 Å². The van der Waals surface area contributed by atoms with Crippen LogP contribution in [-0.2, 0) is 4.79 Å². The van der Waals surface area contributed by atoms with Crippen LogP contribution < -0.4 is 0 Å². The molecule has 1 aliphatic rings. The Balaban J connectivity index is 2.38. The first-order chi connectivity index (χ1) is 4.92. The molecule has 0 aromatic carbocycles. The van der Waals surface area contributed by atoms with Gasteiger partial charge in [-0.25, -0.2) is 0 Å². The lowest BCUT2D eigenvalue weighted by molar-refractivity contribution is -0.145. The fourth-order valence-corrected chi connectivity index (χ4v) is 1.91. The first-order valence-electron chi connectivity index (χ1n) is 4.15. The standard InChI is InChI=1S/C9H16O2/c1-6(8(10)11)7-4-9(2,3)5-7/h6-7H,4-5H2,1-3H3,(H,10,11). The summed E-state index contributed by atoms with van der Waals surface area (Å²) in [4.78, 5) is 10.5. The van der Waals surface area contributed by atoms with Gasteiger partial charge < -0.3 is 5.11 Å². The molecule has 0 aliphatic heterocycles. The van der Waals surface area contributed by atoms with Crippen LogP contribution in [0.5, 0.6) is 0 Å². The van der Waals surface area contributed by atoms with Crippen LogP contribution in [0.15, 0.2) is 0 Å². The van der Waals surface area contributed by atoms with E-state index in [2.05, 4.69) is 13.8 Å². The van der Waals surface area contributed by atoms with E-state index >= 15 is 0 Å². The van der Waals surface area contributed by atoms with E-state index in [0.29, 0.717) is 11.3 Å². The van der Waals surface area contributed by atoms with E-state index in [0.717, 1.165) is 12.8 Å². The minimum atomic E-state index is -0.648. The van der Waals surface area contributed by atoms with E-state index in [1.165, 1.54) is 0 Å². The predicted molar refractivity (Wildman–Crippen MR) is 43.3 cm³/mol. The van der Waals surface area contributed by atoms with Crippen LogP contribution in [0.2, 0.25) is 0 Å². The van der Waals surface area contributed by atoms with Crippen LogP contribution in [0.1, 0.15) is 33.6 Å². The normalized spacial score (nSPS) is 25.7. The molecule has 1 saturated carbocycles. The molecule has 2 nitrogen and oxygen atoms in total. The van der Waals surface area contributed by atoms with Crippen LogP contribution in [0, 0.1) is 17.3 Å². The number of hydrogen-bond acceptors (Lipinski definition) is 1. The van der Waals surface area contributed by atoms with Crippen molar-refractivity contribution in [1.29, 1.82) is 0 Å². The quantitative estimate of drug-likeness (QED) is 0.665. The summed E-state index contributed by atoms with van der Waals surface area (Å²) in [5, 5.41) is 8.69. The van der Waals surface area contributed by atoms with E-state index in [1.54, 1.807) is 0 Å². The molecule has 1 unspecified atom stereocenters. The van der Waals surface area contributed by atoms with Gasteiger partial charge in [0, 0.05) is 0 Å². The van der Waals surface area contributed by atoms with Gasteiger partial charge in [-0.1, -0.05) is 20.8 Å². The minimum absolute atomic E-state index is 0.150. The lowest BCUT2D eigenvalue weighted by Gasteiger charge is -2.44. The Labute approximate surface area is 67.6 Å². The smallest absolute Gasteiger partial charge is 0.306 e. The van der Waals surface area contributed by atoms with Gasteiger partial charge in [0.05, 0.1) is 5.92 Å². The highest BCUT2D eigenvalue weighted by Crippen LogP contribution is 2.48. The SMILES string of the molecule is CC(C(=O)O)C1CC(C)(C)C1. The van der Waals surface area contributed by atoms with E-state index in [4.69, 9.17) is 5.11 Å². The summed E-state index contributed by atoms with van der Waals surface area (Å²) in [6, 6.07) is 0. The average molecular weight is 156 g/mol. The van der Waals surface area contributed by atoms with Crippen molar-refractivity contribution in [2.45, 2.75) is 33.6 Å². The predicted octanol–water partition coefficient (Wildman–Crippen LogP) is 2.14. The Bertz CT molecular complexity index is 164. The van der Waals surface area contributed by atoms with Crippen molar-refractivity contribution in [3.63, 3.8) is 0 Å². The minimum Gasteiger partial charge on any atom is -0.481 e. The third-order valence-corrected chi connectivity index (χ3v) is 2.73. The number of carbonyl (C=O) groups is 1. The highest BCUT2D eigenvalue weighted by atomic mass is 16.4. The van der Waals surface area contributed by atoms with E-state index in [9.17, 15) is 4.79 Å². The molecule has 0 bridgehead atoms. The third kappa shape index (κ3) is 1.73. The van der Waals surface area contributed by atoms with Gasteiger partial charge in [0.15, 0.2) is 0 Å². The molecule has 0 aromatic rings. The van der Waals surface area contributed by atoms with Crippen LogP contribution in [-0.4, -0.2) is 11.1 Å². The van der Waals surface area contributed by atoms with Gasteiger partial charge >= 0.3 is 5.97 Å². The summed E-state index contributed by atoms with van der Waals surface area (Å²) in [7, 11) is 0. The second kappa shape index (κ2) is 2.50. The maximum absolute atomic E-state index is 10.5. The molecule has 0 heterocycles. The van der Waals surface area contributed by atoms with Crippen molar-refractivity contribution in [1.82, 2.24) is 0 Å². The molecule has 1 rings (SSSR count). The van der Waals surface area contributed by atoms with Gasteiger partial charge in [-0.15, -0.1) is 0 Å². The zero-order chi connectivity index (χ0) is 8.65. The van der Waals surface area contributed by atoms with Crippen molar-refractivity contribution in [2.24, 2.45) is 17.3 Å². The summed E-state index contributed by atoms with van der Waals surface area (Å²) in [6.07, 6.45) is 2.14. The maximum atomic E-state index is 10.5. The number of carboxylic acid groups (broad SMARTS) is 1. The molecule has 0 amide bonds. The van der Waals surface area contributed by atoms with Crippen molar-refractivity contribution < 1.29 is 9.90 Å². The third-order valence-electron chi connectivity index (χ3n) is 2.73. The zero-order valence-electron chi connectivity index (χ0n) is 7.42. The highest BCUT2D eigenvalue weighted by Gasteiger charge is 2.40. The Morgan fingerprint density at radius 2 is 2.00 bits per heavy atom. The largest absolute Gasteiger partial charge is 0.481 e. The molecular weight excluding hydrogens is 140 g/mol. The Hall–Kier alpha value is -0.530. The van der Waals surface area contributed by atoms with E-state index < -0.39 is 5.97 Å². The molecule has 64 valence electrons. The Morgan fingerprint density at radius 3 is 2.27 bits per heavy atom. The Morgan fingerprint density at radius 1 is 1.55 bits per heavy atom. The molecule has 11 heavy (non-hydrogen) atoms. The van der Waals surface area contributed by atoms with Crippen LogP contribution in [0.25, 0.3) is 0 Å². The first-order valence-corrected chi connectivity index (χ1v) is 4.15. The average Bonchev–Trinajstić information content (AvgIpc) is 1.80. The monoisotopic (exact) mass is 156 g/mol. The number of rotatable bonds is 2. The van der Waals surface area contributed by atoms with Gasteiger partial charge in [-0.3, -0.25) is 4.79 Å². The fraction of sp³-hybridized carbons (Fsp3) is 0.889. The summed E-state index contributed by atoms with van der Waals surface area (Å²) >= 11 is 0. The van der Waals surface area contributed by atoms with E-state index in [1.807, 2.05) is 6.92 Å². The lowest BCUT2D eigenvalue weighted by atomic mass is 9.60. The molecule has 0 radical (unpaired) electrons. The summed E-state index contributed by atoms with van der Waals surface area (Å²) < 4.78 is 0. The highest BCUT2D eigenvalue weighted by molar-refractivity contribution is 5.70. The summed E-state index contributed by atoms with van der Waals surface area (Å²) in [5.41, 5.74) is 0.397. The lowest BCUT2D eigenvalue weighted by Crippen LogP contribution is -2.38. The summed E-state index contributed by atoms with van der Waals surface area (Å²) in [6.45, 7) is 6.19. The molecule has 2 heteroatoms. The molecule has 1 atom stereocenters. The molecular formula is C9H16O2. The fourth-order valence-electron chi connectivity index (χ4n) is 1.91. The van der Waals surface area contributed by atoms with Crippen LogP contribution in [0.4, 0.5) is 0 Å². The zero-order valence-corrected chi connectivity index (χ0v) is 7.42. The van der Waals surface area contributed by atoms with Crippen LogP contribution >= 0.6 is 0 Å². The first kappa shape index (κ1) is 8.57. The van der Waals surface area contributed by atoms with E-state index in [-0.39, 0.29) is 5.92 Å². The van der Waals surface area contributed by atoms with Crippen molar-refractivity contribution in [3.05, 3.63) is 0 Å². The molecule has 0 saturated heterocycles.